The van der Waals surface area contributed by atoms with E-state index in [0.29, 0.717) is 24.6 Å². The zero-order chi connectivity index (χ0) is 21.8. The van der Waals surface area contributed by atoms with Crippen molar-refractivity contribution in [2.45, 2.75) is 32.7 Å². The number of halogens is 1. The van der Waals surface area contributed by atoms with Gasteiger partial charge in [0.2, 0.25) is 5.82 Å². The minimum atomic E-state index is -1.10. The number of aryl methyl sites for hydroxylation is 1. The van der Waals surface area contributed by atoms with Crippen LogP contribution in [0.1, 0.15) is 41.6 Å². The van der Waals surface area contributed by atoms with Crippen LogP contribution in [0.3, 0.4) is 0 Å². The first-order valence-electron chi connectivity index (χ1n) is 9.98. The molecule has 0 fully saturated rings. The van der Waals surface area contributed by atoms with Crippen LogP contribution in [0, 0.1) is 0 Å². The summed E-state index contributed by atoms with van der Waals surface area (Å²) in [4.78, 5) is 16.1. The molecule has 0 aliphatic heterocycles. The van der Waals surface area contributed by atoms with Gasteiger partial charge in [-0.25, -0.2) is 9.78 Å². The normalized spacial score (nSPS) is 11.0. The number of H-pyrrole nitrogens is 1. The molecular weight excluding hydrogens is 416 g/mol. The smallest absolute Gasteiger partial charge is 0.355 e. The van der Waals surface area contributed by atoms with Gasteiger partial charge in [0.05, 0.1) is 0 Å². The number of carboxylic acids is 1. The third kappa shape index (κ3) is 4.34. The monoisotopic (exact) mass is 436 g/mol. The third-order valence-corrected chi connectivity index (χ3v) is 5.32. The number of aromatic amines is 1. The number of hydrogen-bond acceptors (Lipinski definition) is 5. The highest BCUT2D eigenvalue weighted by molar-refractivity contribution is 6.32. The van der Waals surface area contributed by atoms with Crippen molar-refractivity contribution in [1.82, 2.24) is 30.2 Å². The minimum Gasteiger partial charge on any atom is -0.476 e. The maximum atomic E-state index is 11.8. The predicted octanol–water partition coefficient (Wildman–Crippen LogP) is 4.47. The average molecular weight is 437 g/mol. The predicted molar refractivity (Wildman–Crippen MR) is 117 cm³/mol. The summed E-state index contributed by atoms with van der Waals surface area (Å²) in [6.07, 6.45) is 2.53. The lowest BCUT2D eigenvalue weighted by atomic mass is 9.97. The van der Waals surface area contributed by atoms with Crippen LogP contribution in [0.15, 0.2) is 48.5 Å². The standard InChI is InChI=1S/C22H21ClN6O2/c1-2-3-9-18-24-20(23)19(22(30)31)29(18)13-14-10-11-16(15-7-5-4-6-8-15)17(12-14)21-25-27-28-26-21/h4-8,10-12H,2-3,9,13H2,1H3,(H,30,31)(H,25,26,27,28). The summed E-state index contributed by atoms with van der Waals surface area (Å²) in [7, 11) is 0. The van der Waals surface area contributed by atoms with Crippen LogP contribution in [0.2, 0.25) is 5.15 Å². The second kappa shape index (κ2) is 9.09. The molecule has 0 aliphatic rings. The number of imidazole rings is 1. The summed E-state index contributed by atoms with van der Waals surface area (Å²) >= 11 is 6.16. The van der Waals surface area contributed by atoms with Crippen LogP contribution in [-0.4, -0.2) is 41.3 Å². The van der Waals surface area contributed by atoms with Crippen molar-refractivity contribution < 1.29 is 9.90 Å². The van der Waals surface area contributed by atoms with E-state index in [2.05, 4.69) is 32.5 Å². The second-order valence-corrected chi connectivity index (χ2v) is 7.50. The molecular formula is C22H21ClN6O2. The van der Waals surface area contributed by atoms with Crippen LogP contribution in [0.25, 0.3) is 22.5 Å². The Morgan fingerprint density at radius 1 is 1.16 bits per heavy atom. The van der Waals surface area contributed by atoms with Crippen LogP contribution < -0.4 is 0 Å². The number of hydrogen-bond donors (Lipinski definition) is 2. The zero-order valence-corrected chi connectivity index (χ0v) is 17.7. The minimum absolute atomic E-state index is 0.000941. The molecule has 9 heteroatoms. The Morgan fingerprint density at radius 2 is 1.97 bits per heavy atom. The Labute approximate surface area is 183 Å². The van der Waals surface area contributed by atoms with E-state index in [1.165, 1.54) is 0 Å². The fourth-order valence-electron chi connectivity index (χ4n) is 3.57. The first-order valence-corrected chi connectivity index (χ1v) is 10.4. The molecule has 0 aliphatic carbocycles. The van der Waals surface area contributed by atoms with E-state index in [-0.39, 0.29) is 10.8 Å². The number of carboxylic acid groups (broad SMARTS) is 1. The van der Waals surface area contributed by atoms with E-state index >= 15 is 0 Å². The largest absolute Gasteiger partial charge is 0.476 e. The van der Waals surface area contributed by atoms with Gasteiger partial charge >= 0.3 is 5.97 Å². The number of rotatable bonds is 8. The van der Waals surface area contributed by atoms with E-state index in [9.17, 15) is 9.90 Å². The summed E-state index contributed by atoms with van der Waals surface area (Å²) in [5, 5.41) is 24.2. The Hall–Kier alpha value is -3.52. The topological polar surface area (TPSA) is 110 Å². The number of benzene rings is 2. The highest BCUT2D eigenvalue weighted by Crippen LogP contribution is 2.31. The number of carbonyl (C=O) groups is 1. The summed E-state index contributed by atoms with van der Waals surface area (Å²) in [6.45, 7) is 2.40. The summed E-state index contributed by atoms with van der Waals surface area (Å²) in [5.74, 6) is 0.0334. The van der Waals surface area contributed by atoms with Gasteiger partial charge in [-0.05, 0) is 34.4 Å². The molecule has 4 aromatic rings. The number of aromatic carboxylic acids is 1. The molecule has 0 saturated carbocycles. The van der Waals surface area contributed by atoms with Crippen molar-refractivity contribution in [3.63, 3.8) is 0 Å². The van der Waals surface area contributed by atoms with Crippen molar-refractivity contribution in [3.8, 4) is 22.5 Å². The SMILES string of the molecule is CCCCc1nc(Cl)c(C(=O)O)n1Cc1ccc(-c2ccccc2)c(-c2nn[nH]n2)c1. The second-order valence-electron chi connectivity index (χ2n) is 7.14. The number of unbranched alkanes of at least 4 members (excludes halogenated alkanes) is 1. The fourth-order valence-corrected chi connectivity index (χ4v) is 3.85. The van der Waals surface area contributed by atoms with Crippen LogP contribution in [0.5, 0.6) is 0 Å². The Kier molecular flexibility index (Phi) is 6.08. The Morgan fingerprint density at radius 3 is 2.65 bits per heavy atom. The summed E-state index contributed by atoms with van der Waals surface area (Å²) in [6, 6.07) is 15.8. The lowest BCUT2D eigenvalue weighted by Crippen LogP contribution is -2.13. The fraction of sp³-hybridized carbons (Fsp3) is 0.227. The zero-order valence-electron chi connectivity index (χ0n) is 16.9. The van der Waals surface area contributed by atoms with Gasteiger partial charge in [-0.1, -0.05) is 67.4 Å². The molecule has 2 aromatic heterocycles. The van der Waals surface area contributed by atoms with Gasteiger partial charge in [0.1, 0.15) is 5.82 Å². The molecule has 0 bridgehead atoms. The molecule has 158 valence electrons. The molecule has 4 rings (SSSR count). The molecule has 31 heavy (non-hydrogen) atoms. The van der Waals surface area contributed by atoms with Crippen LogP contribution >= 0.6 is 11.6 Å². The van der Waals surface area contributed by atoms with E-state index in [1.54, 1.807) is 4.57 Å². The molecule has 0 atom stereocenters. The van der Waals surface area contributed by atoms with E-state index < -0.39 is 5.97 Å². The Balaban J connectivity index is 1.78. The maximum absolute atomic E-state index is 11.8. The van der Waals surface area contributed by atoms with Crippen molar-refractivity contribution in [2.75, 3.05) is 0 Å². The molecule has 0 saturated heterocycles. The van der Waals surface area contributed by atoms with Gasteiger partial charge in [0.25, 0.3) is 0 Å². The van der Waals surface area contributed by atoms with Gasteiger partial charge in [-0.15, -0.1) is 10.2 Å². The number of aromatic nitrogens is 6. The van der Waals surface area contributed by atoms with Crippen molar-refractivity contribution in [3.05, 3.63) is 70.8 Å². The molecule has 0 amide bonds. The van der Waals surface area contributed by atoms with Crippen molar-refractivity contribution in [1.29, 1.82) is 0 Å². The third-order valence-electron chi connectivity index (χ3n) is 5.06. The van der Waals surface area contributed by atoms with Gasteiger partial charge in [0.15, 0.2) is 10.8 Å². The quantitative estimate of drug-likeness (QED) is 0.421. The van der Waals surface area contributed by atoms with E-state index in [0.717, 1.165) is 35.1 Å². The van der Waals surface area contributed by atoms with Gasteiger partial charge < -0.3 is 9.67 Å². The maximum Gasteiger partial charge on any atom is 0.355 e. The highest BCUT2D eigenvalue weighted by Gasteiger charge is 2.22. The Bertz CT molecular complexity index is 1190. The van der Waals surface area contributed by atoms with Gasteiger partial charge in [-0.2, -0.15) is 5.21 Å². The molecule has 2 heterocycles. The molecule has 8 nitrogen and oxygen atoms in total. The van der Waals surface area contributed by atoms with E-state index in [1.807, 2.05) is 48.5 Å². The van der Waals surface area contributed by atoms with Gasteiger partial charge in [0, 0.05) is 18.5 Å². The molecule has 0 spiro atoms. The molecule has 2 aromatic carbocycles. The molecule has 0 radical (unpaired) electrons. The van der Waals surface area contributed by atoms with Crippen molar-refractivity contribution >= 4 is 17.6 Å². The number of nitrogens with one attached hydrogen (secondary N) is 1. The molecule has 0 unspecified atom stereocenters. The van der Waals surface area contributed by atoms with Crippen LogP contribution in [0.4, 0.5) is 0 Å². The first kappa shape index (κ1) is 20.7. The summed E-state index contributed by atoms with van der Waals surface area (Å²) < 4.78 is 1.68. The lowest BCUT2D eigenvalue weighted by Gasteiger charge is -2.13. The van der Waals surface area contributed by atoms with Crippen molar-refractivity contribution in [2.24, 2.45) is 0 Å². The van der Waals surface area contributed by atoms with Gasteiger partial charge in [-0.3, -0.25) is 0 Å². The summed E-state index contributed by atoms with van der Waals surface area (Å²) in [5.41, 5.74) is 3.67. The molecule has 2 N–H and O–H groups in total. The van der Waals surface area contributed by atoms with E-state index in [4.69, 9.17) is 11.6 Å². The average Bonchev–Trinajstić information content (AvgIpc) is 3.41. The first-order chi connectivity index (χ1) is 15.1. The lowest BCUT2D eigenvalue weighted by molar-refractivity contribution is 0.0685. The number of nitrogens with zero attached hydrogens (tertiary/aromatic N) is 5. The number of tetrazole rings is 1. The van der Waals surface area contributed by atoms with Crippen LogP contribution in [-0.2, 0) is 13.0 Å². The highest BCUT2D eigenvalue weighted by atomic mass is 35.5.